The van der Waals surface area contributed by atoms with Crippen LogP contribution < -0.4 is 15.4 Å². The van der Waals surface area contributed by atoms with Gasteiger partial charge in [0, 0.05) is 23.6 Å². The number of benzene rings is 2. The lowest BCUT2D eigenvalue weighted by molar-refractivity contribution is -0.114. The molecule has 0 fully saturated rings. The minimum Gasteiger partial charge on any atom is -0.494 e. The average Bonchev–Trinajstić information content (AvgIpc) is 3.27. The molecule has 0 saturated carbocycles. The van der Waals surface area contributed by atoms with Crippen LogP contribution in [-0.4, -0.2) is 46.3 Å². The summed E-state index contributed by atoms with van der Waals surface area (Å²) >= 11 is 0. The van der Waals surface area contributed by atoms with Gasteiger partial charge in [-0.1, -0.05) is 18.2 Å². The maximum Gasteiger partial charge on any atom is 0.343 e. The van der Waals surface area contributed by atoms with Crippen molar-refractivity contribution >= 4 is 40.2 Å². The zero-order valence-corrected chi connectivity index (χ0v) is 20.3. The van der Waals surface area contributed by atoms with Gasteiger partial charge in [0.2, 0.25) is 5.91 Å². The normalized spacial score (nSPS) is 10.7. The Bertz CT molecular complexity index is 1480. The molecule has 2 aromatic carbocycles. The maximum atomic E-state index is 13.2. The molecule has 2 amide bonds. The molecule has 2 heterocycles. The fourth-order valence-electron chi connectivity index (χ4n) is 3.77. The van der Waals surface area contributed by atoms with Gasteiger partial charge in [0.15, 0.2) is 11.6 Å². The smallest absolute Gasteiger partial charge is 0.343 e. The number of aryl methyl sites for hydroxylation is 1. The quantitative estimate of drug-likeness (QED) is 0.376. The topological polar surface area (TPSA) is 124 Å². The fourth-order valence-corrected chi connectivity index (χ4v) is 3.77. The third-order valence-corrected chi connectivity index (χ3v) is 5.37. The molecule has 2 N–H and O–H groups in total. The summed E-state index contributed by atoms with van der Waals surface area (Å²) in [5, 5.41) is 10.6. The van der Waals surface area contributed by atoms with Crippen molar-refractivity contribution in [2.75, 3.05) is 24.4 Å². The predicted octanol–water partition coefficient (Wildman–Crippen LogP) is 4.12. The lowest BCUT2D eigenvalue weighted by atomic mass is 10.1. The Morgan fingerprint density at radius 1 is 1.06 bits per heavy atom. The molecule has 4 rings (SSSR count). The number of esters is 1. The van der Waals surface area contributed by atoms with E-state index in [2.05, 4.69) is 15.7 Å². The Kier molecular flexibility index (Phi) is 6.95. The number of carbonyl (C=O) groups is 3. The number of rotatable bonds is 7. The number of methoxy groups -OCH3 is 1. The number of aromatic nitrogens is 3. The van der Waals surface area contributed by atoms with Crippen molar-refractivity contribution in [3.05, 3.63) is 71.4 Å². The molecule has 0 unspecified atom stereocenters. The standard InChI is InChI=1S/C26H25N5O5/c1-5-36-26(34)20-14-27-31(22-12-15(2)19-10-7-11-21(35-4)23(19)29-22)24(20)30-25(33)17-8-6-9-18(13-17)28-16(3)32/h6-14H,5H2,1-4H3,(H,28,32)(H,30,33). The molecule has 10 nitrogen and oxygen atoms in total. The second-order valence-electron chi connectivity index (χ2n) is 7.91. The van der Waals surface area contributed by atoms with Crippen LogP contribution in [0, 0.1) is 6.92 Å². The van der Waals surface area contributed by atoms with Gasteiger partial charge in [-0.15, -0.1) is 0 Å². The van der Waals surface area contributed by atoms with Gasteiger partial charge in [0.05, 0.1) is 19.9 Å². The molecule has 2 aromatic heterocycles. The maximum absolute atomic E-state index is 13.2. The van der Waals surface area contributed by atoms with Gasteiger partial charge in [-0.2, -0.15) is 9.78 Å². The summed E-state index contributed by atoms with van der Waals surface area (Å²) in [7, 11) is 1.56. The third-order valence-electron chi connectivity index (χ3n) is 5.37. The molecule has 0 radical (unpaired) electrons. The Hall–Kier alpha value is -4.73. The van der Waals surface area contributed by atoms with E-state index < -0.39 is 11.9 Å². The largest absolute Gasteiger partial charge is 0.494 e. The van der Waals surface area contributed by atoms with Crippen molar-refractivity contribution in [3.63, 3.8) is 0 Å². The molecule has 0 aliphatic heterocycles. The van der Waals surface area contributed by atoms with E-state index in [9.17, 15) is 14.4 Å². The van der Waals surface area contributed by atoms with Crippen molar-refractivity contribution in [2.24, 2.45) is 0 Å². The molecule has 0 spiro atoms. The van der Waals surface area contributed by atoms with Crippen LogP contribution in [-0.2, 0) is 9.53 Å². The summed E-state index contributed by atoms with van der Waals surface area (Å²) in [6, 6.07) is 13.9. The van der Waals surface area contributed by atoms with Gasteiger partial charge in [-0.25, -0.2) is 9.78 Å². The Morgan fingerprint density at radius 2 is 1.83 bits per heavy atom. The second kappa shape index (κ2) is 10.3. The van der Waals surface area contributed by atoms with Crippen LogP contribution in [0.25, 0.3) is 16.7 Å². The number of hydrogen-bond donors (Lipinski definition) is 2. The minimum atomic E-state index is -0.638. The zero-order chi connectivity index (χ0) is 25.8. The monoisotopic (exact) mass is 487 g/mol. The molecule has 0 aliphatic rings. The highest BCUT2D eigenvalue weighted by atomic mass is 16.5. The van der Waals surface area contributed by atoms with Gasteiger partial charge in [-0.3, -0.25) is 9.59 Å². The summed E-state index contributed by atoms with van der Waals surface area (Å²) in [5.41, 5.74) is 2.33. The van der Waals surface area contributed by atoms with E-state index in [-0.39, 0.29) is 29.5 Å². The van der Waals surface area contributed by atoms with Crippen LogP contribution in [0.4, 0.5) is 11.5 Å². The van der Waals surface area contributed by atoms with Crippen LogP contribution in [0.5, 0.6) is 5.75 Å². The summed E-state index contributed by atoms with van der Waals surface area (Å²) < 4.78 is 12.0. The van der Waals surface area contributed by atoms with Crippen molar-refractivity contribution in [1.29, 1.82) is 0 Å². The first kappa shape index (κ1) is 24.4. The van der Waals surface area contributed by atoms with E-state index >= 15 is 0 Å². The van der Waals surface area contributed by atoms with Crippen molar-refractivity contribution in [2.45, 2.75) is 20.8 Å². The highest BCUT2D eigenvalue weighted by Crippen LogP contribution is 2.29. The minimum absolute atomic E-state index is 0.0720. The average molecular weight is 488 g/mol. The molecular formula is C26H25N5O5. The molecule has 0 aliphatic carbocycles. The van der Waals surface area contributed by atoms with E-state index in [4.69, 9.17) is 14.5 Å². The van der Waals surface area contributed by atoms with Gasteiger partial charge < -0.3 is 20.1 Å². The van der Waals surface area contributed by atoms with Crippen LogP contribution >= 0.6 is 0 Å². The van der Waals surface area contributed by atoms with Crippen molar-refractivity contribution in [1.82, 2.24) is 14.8 Å². The van der Waals surface area contributed by atoms with Gasteiger partial charge >= 0.3 is 5.97 Å². The number of carbonyl (C=O) groups excluding carboxylic acids is 3. The first-order valence-corrected chi connectivity index (χ1v) is 11.2. The van der Waals surface area contributed by atoms with Crippen LogP contribution in [0.2, 0.25) is 0 Å². The lowest BCUT2D eigenvalue weighted by Gasteiger charge is -2.13. The molecule has 0 saturated heterocycles. The lowest BCUT2D eigenvalue weighted by Crippen LogP contribution is -2.19. The highest BCUT2D eigenvalue weighted by Gasteiger charge is 2.23. The van der Waals surface area contributed by atoms with Crippen LogP contribution in [0.15, 0.2) is 54.7 Å². The van der Waals surface area contributed by atoms with E-state index in [1.807, 2.05) is 19.1 Å². The molecule has 0 bridgehead atoms. The summed E-state index contributed by atoms with van der Waals surface area (Å²) in [6.07, 6.45) is 1.32. The number of pyridine rings is 1. The number of hydrogen-bond acceptors (Lipinski definition) is 7. The number of nitrogens with one attached hydrogen (secondary N) is 2. The molecule has 0 atom stereocenters. The Labute approximate surface area is 207 Å². The van der Waals surface area contributed by atoms with E-state index in [0.29, 0.717) is 22.8 Å². The number of amides is 2. The molecule has 4 aromatic rings. The molecule has 10 heteroatoms. The first-order chi connectivity index (χ1) is 17.3. The van der Waals surface area contributed by atoms with E-state index in [0.717, 1.165) is 10.9 Å². The highest BCUT2D eigenvalue weighted by molar-refractivity contribution is 6.08. The third kappa shape index (κ3) is 4.88. The number of para-hydroxylation sites is 1. The number of anilines is 2. The van der Waals surface area contributed by atoms with Crippen molar-refractivity contribution in [3.8, 4) is 11.6 Å². The number of nitrogens with zero attached hydrogens (tertiary/aromatic N) is 3. The first-order valence-electron chi connectivity index (χ1n) is 11.2. The summed E-state index contributed by atoms with van der Waals surface area (Å²) in [6.45, 7) is 5.15. The van der Waals surface area contributed by atoms with Crippen LogP contribution in [0.1, 0.15) is 40.1 Å². The van der Waals surface area contributed by atoms with E-state index in [1.54, 1.807) is 44.4 Å². The predicted molar refractivity (Wildman–Crippen MR) is 135 cm³/mol. The molecular weight excluding hydrogens is 462 g/mol. The van der Waals surface area contributed by atoms with Crippen molar-refractivity contribution < 1.29 is 23.9 Å². The summed E-state index contributed by atoms with van der Waals surface area (Å²) in [4.78, 5) is 42.0. The zero-order valence-electron chi connectivity index (χ0n) is 20.3. The SMILES string of the molecule is CCOC(=O)c1cnn(-c2cc(C)c3cccc(OC)c3n2)c1NC(=O)c1cccc(NC(C)=O)c1. The van der Waals surface area contributed by atoms with Gasteiger partial charge in [-0.05, 0) is 49.7 Å². The van der Waals surface area contributed by atoms with Crippen LogP contribution in [0.3, 0.4) is 0 Å². The Morgan fingerprint density at radius 3 is 2.56 bits per heavy atom. The second-order valence-corrected chi connectivity index (χ2v) is 7.91. The van der Waals surface area contributed by atoms with Gasteiger partial charge in [0.1, 0.15) is 16.8 Å². The molecule has 184 valence electrons. The number of fused-ring (bicyclic) bond motifs is 1. The fraction of sp³-hybridized carbons (Fsp3) is 0.192. The summed E-state index contributed by atoms with van der Waals surface area (Å²) in [5.74, 6) is -0.350. The Balaban J connectivity index is 1.80. The number of ether oxygens (including phenoxy) is 2. The molecule has 36 heavy (non-hydrogen) atoms. The van der Waals surface area contributed by atoms with Gasteiger partial charge in [0.25, 0.3) is 5.91 Å². The van der Waals surface area contributed by atoms with E-state index in [1.165, 1.54) is 23.9 Å².